The van der Waals surface area contributed by atoms with E-state index in [4.69, 9.17) is 9.57 Å². The van der Waals surface area contributed by atoms with Gasteiger partial charge in [-0.25, -0.2) is 9.37 Å². The molecule has 3 rings (SSSR count). The zero-order chi connectivity index (χ0) is 15.5. The van der Waals surface area contributed by atoms with Gasteiger partial charge in [0.15, 0.2) is 11.6 Å². The molecular weight excluding hydrogens is 307 g/mol. The second kappa shape index (κ2) is 6.27. The molecule has 8 heteroatoms. The van der Waals surface area contributed by atoms with Crippen LogP contribution in [0.5, 0.6) is 5.75 Å². The quantitative estimate of drug-likeness (QED) is 0.916. The maximum atomic E-state index is 13.7. The van der Waals surface area contributed by atoms with Crippen LogP contribution in [0.25, 0.3) is 0 Å². The van der Waals surface area contributed by atoms with Crippen molar-refractivity contribution in [1.82, 2.24) is 9.36 Å². The average Bonchev–Trinajstić information content (AvgIpc) is 3.14. The molecule has 0 spiro atoms. The molecule has 116 valence electrons. The number of nitrogens with one attached hydrogen (secondary N) is 1. The third-order valence-electron chi connectivity index (χ3n) is 3.23. The molecule has 0 saturated carbocycles. The third-order valence-corrected chi connectivity index (χ3v) is 3.99. The van der Waals surface area contributed by atoms with E-state index >= 15 is 0 Å². The van der Waals surface area contributed by atoms with Crippen molar-refractivity contribution in [2.45, 2.75) is 19.4 Å². The number of hydrogen-bond acceptors (Lipinski definition) is 7. The van der Waals surface area contributed by atoms with Crippen molar-refractivity contribution in [2.24, 2.45) is 5.16 Å². The number of methoxy groups -OCH3 is 1. The van der Waals surface area contributed by atoms with Crippen molar-refractivity contribution in [2.75, 3.05) is 19.0 Å². The summed E-state index contributed by atoms with van der Waals surface area (Å²) in [5, 5.41) is 7.95. The van der Waals surface area contributed by atoms with Crippen LogP contribution < -0.4 is 10.1 Å². The molecule has 0 amide bonds. The smallest absolute Gasteiger partial charge is 0.202 e. The number of nitrogens with zero attached hydrogens (tertiary/aromatic N) is 3. The number of rotatable bonds is 5. The van der Waals surface area contributed by atoms with Gasteiger partial charge in [-0.1, -0.05) is 5.16 Å². The summed E-state index contributed by atoms with van der Waals surface area (Å²) in [5.74, 6) is 0.548. The first-order chi connectivity index (χ1) is 10.7. The van der Waals surface area contributed by atoms with Crippen LogP contribution in [-0.4, -0.2) is 34.8 Å². The van der Waals surface area contributed by atoms with Crippen LogP contribution in [0.3, 0.4) is 0 Å². The van der Waals surface area contributed by atoms with Crippen LogP contribution in [-0.2, 0) is 4.84 Å². The summed E-state index contributed by atoms with van der Waals surface area (Å²) >= 11 is 1.31. The lowest BCUT2D eigenvalue weighted by atomic mass is 10.0. The Labute approximate surface area is 131 Å². The van der Waals surface area contributed by atoms with Gasteiger partial charge in [0.2, 0.25) is 5.13 Å². The molecule has 2 aromatic rings. The van der Waals surface area contributed by atoms with Crippen LogP contribution in [0.15, 0.2) is 23.4 Å². The highest BCUT2D eigenvalue weighted by molar-refractivity contribution is 7.09. The lowest BCUT2D eigenvalue weighted by Crippen LogP contribution is -2.20. The van der Waals surface area contributed by atoms with Gasteiger partial charge in [0, 0.05) is 23.5 Å². The van der Waals surface area contributed by atoms with E-state index in [0.717, 1.165) is 16.7 Å². The van der Waals surface area contributed by atoms with Gasteiger partial charge in [0.1, 0.15) is 11.9 Å². The summed E-state index contributed by atoms with van der Waals surface area (Å²) in [6, 6.07) is 4.77. The molecule has 1 aliphatic heterocycles. The number of ether oxygens (including phenoxy) is 1. The summed E-state index contributed by atoms with van der Waals surface area (Å²) in [6.07, 6.45) is 0.501. The van der Waals surface area contributed by atoms with Crippen LogP contribution in [0.4, 0.5) is 9.52 Å². The molecule has 1 aromatic heterocycles. The van der Waals surface area contributed by atoms with Gasteiger partial charge < -0.3 is 14.9 Å². The maximum Gasteiger partial charge on any atom is 0.202 e. The van der Waals surface area contributed by atoms with Crippen LogP contribution in [0.2, 0.25) is 0 Å². The Bertz CT molecular complexity index is 704. The molecule has 0 saturated heterocycles. The van der Waals surface area contributed by atoms with Gasteiger partial charge in [-0.15, -0.1) is 0 Å². The van der Waals surface area contributed by atoms with Crippen molar-refractivity contribution in [1.29, 1.82) is 0 Å². The Morgan fingerprint density at radius 2 is 2.36 bits per heavy atom. The number of benzene rings is 1. The van der Waals surface area contributed by atoms with Gasteiger partial charge in [-0.2, -0.15) is 4.37 Å². The zero-order valence-corrected chi connectivity index (χ0v) is 13.0. The Balaban J connectivity index is 1.58. The molecule has 0 aliphatic carbocycles. The molecule has 1 atom stereocenters. The highest BCUT2D eigenvalue weighted by atomic mass is 32.1. The van der Waals surface area contributed by atoms with E-state index in [2.05, 4.69) is 19.8 Å². The molecule has 2 heterocycles. The van der Waals surface area contributed by atoms with Gasteiger partial charge in [0.05, 0.1) is 19.4 Å². The SMILES string of the molecule is COc1ccc(C2=NO[C@@H](CNc3nc(C)ns3)C2)cc1F. The highest BCUT2D eigenvalue weighted by Gasteiger charge is 2.23. The molecule has 1 aromatic carbocycles. The third kappa shape index (κ3) is 3.16. The minimum atomic E-state index is -0.409. The molecule has 22 heavy (non-hydrogen) atoms. The highest BCUT2D eigenvalue weighted by Crippen LogP contribution is 2.22. The fraction of sp³-hybridized carbons (Fsp3) is 0.357. The molecule has 6 nitrogen and oxygen atoms in total. The Morgan fingerprint density at radius 3 is 3.05 bits per heavy atom. The summed E-state index contributed by atoms with van der Waals surface area (Å²) in [4.78, 5) is 9.59. The lowest BCUT2D eigenvalue weighted by molar-refractivity contribution is 0.0949. The Kier molecular flexibility index (Phi) is 4.19. The fourth-order valence-corrected chi connectivity index (χ4v) is 2.70. The van der Waals surface area contributed by atoms with Crippen molar-refractivity contribution in [3.8, 4) is 5.75 Å². The lowest BCUT2D eigenvalue weighted by Gasteiger charge is -2.08. The topological polar surface area (TPSA) is 68.6 Å². The van der Waals surface area contributed by atoms with Crippen LogP contribution in [0.1, 0.15) is 17.8 Å². The van der Waals surface area contributed by atoms with E-state index in [1.54, 1.807) is 12.1 Å². The standard InChI is InChI=1S/C14H15FN4O2S/c1-8-17-14(22-19-8)16-7-10-6-12(18-21-10)9-3-4-13(20-2)11(15)5-9/h3-5,10H,6-7H2,1-2H3,(H,16,17,19)/t10-/m1/s1. The number of aromatic nitrogens is 2. The van der Waals surface area contributed by atoms with Gasteiger partial charge >= 0.3 is 0 Å². The number of aryl methyl sites for hydroxylation is 1. The van der Waals surface area contributed by atoms with E-state index in [9.17, 15) is 4.39 Å². The van der Waals surface area contributed by atoms with E-state index < -0.39 is 5.82 Å². The molecule has 1 N–H and O–H groups in total. The average molecular weight is 322 g/mol. The zero-order valence-electron chi connectivity index (χ0n) is 12.2. The van der Waals surface area contributed by atoms with Gasteiger partial charge in [-0.05, 0) is 25.1 Å². The Hall–Kier alpha value is -2.22. The fourth-order valence-electron chi connectivity index (χ4n) is 2.12. The second-order valence-electron chi connectivity index (χ2n) is 4.85. The van der Waals surface area contributed by atoms with Crippen molar-refractivity contribution in [3.05, 3.63) is 35.4 Å². The largest absolute Gasteiger partial charge is 0.494 e. The van der Waals surface area contributed by atoms with Crippen molar-refractivity contribution >= 4 is 22.4 Å². The van der Waals surface area contributed by atoms with E-state index in [0.29, 0.717) is 18.5 Å². The van der Waals surface area contributed by atoms with E-state index in [-0.39, 0.29) is 11.9 Å². The molecule has 0 radical (unpaired) electrons. The minimum absolute atomic E-state index is 0.107. The first-order valence-corrected chi connectivity index (χ1v) is 7.54. The molecule has 1 aliphatic rings. The molecular formula is C14H15FN4O2S. The van der Waals surface area contributed by atoms with Crippen molar-refractivity contribution < 1.29 is 14.0 Å². The van der Waals surface area contributed by atoms with Crippen molar-refractivity contribution in [3.63, 3.8) is 0 Å². The number of hydrogen-bond donors (Lipinski definition) is 1. The number of halogens is 1. The minimum Gasteiger partial charge on any atom is -0.494 e. The summed E-state index contributed by atoms with van der Waals surface area (Å²) < 4.78 is 22.7. The molecule has 0 fully saturated rings. The number of anilines is 1. The van der Waals surface area contributed by atoms with E-state index in [1.165, 1.54) is 24.7 Å². The molecule has 0 unspecified atom stereocenters. The maximum absolute atomic E-state index is 13.7. The predicted molar refractivity (Wildman–Crippen MR) is 82.1 cm³/mol. The normalized spacial score (nSPS) is 17.0. The van der Waals surface area contributed by atoms with E-state index in [1.807, 2.05) is 6.92 Å². The Morgan fingerprint density at radius 1 is 1.50 bits per heavy atom. The summed E-state index contributed by atoms with van der Waals surface area (Å²) in [5.41, 5.74) is 1.43. The van der Waals surface area contributed by atoms with Crippen LogP contribution >= 0.6 is 11.5 Å². The van der Waals surface area contributed by atoms with Gasteiger partial charge in [0.25, 0.3) is 0 Å². The summed E-state index contributed by atoms with van der Waals surface area (Å²) in [6.45, 7) is 2.41. The van der Waals surface area contributed by atoms with Crippen LogP contribution in [0, 0.1) is 12.7 Å². The molecule has 0 bridgehead atoms. The number of oxime groups is 1. The predicted octanol–water partition coefficient (Wildman–Crippen LogP) is 2.60. The second-order valence-corrected chi connectivity index (χ2v) is 5.60. The first-order valence-electron chi connectivity index (χ1n) is 6.76. The monoisotopic (exact) mass is 322 g/mol. The first kappa shape index (κ1) is 14.7. The summed E-state index contributed by atoms with van der Waals surface area (Å²) in [7, 11) is 1.44. The van der Waals surface area contributed by atoms with Gasteiger partial charge in [-0.3, -0.25) is 0 Å².